The van der Waals surface area contributed by atoms with Crippen LogP contribution in [0.2, 0.25) is 0 Å². The Hall–Kier alpha value is -2.21. The maximum absolute atomic E-state index is 13.7. The smallest absolute Gasteiger partial charge is 0.229 e. The molecule has 2 aromatic rings. The minimum atomic E-state index is -0.434. The Morgan fingerprint density at radius 2 is 1.92 bits per heavy atom. The molecule has 1 unspecified atom stereocenters. The second-order valence-corrected chi connectivity index (χ2v) is 6.59. The Kier molecular flexibility index (Phi) is 4.94. The van der Waals surface area contributed by atoms with Crippen LogP contribution in [-0.2, 0) is 16.1 Å². The predicted molar refractivity (Wildman–Crippen MR) is 92.7 cm³/mol. The fraction of sp³-hybridized carbons (Fsp3) is 0.222. The quantitative estimate of drug-likeness (QED) is 0.867. The molecule has 1 N–H and O–H groups in total. The minimum absolute atomic E-state index is 0.134. The van der Waals surface area contributed by atoms with Gasteiger partial charge in [-0.2, -0.15) is 0 Å². The Bertz CT molecular complexity index is 781. The van der Waals surface area contributed by atoms with Crippen LogP contribution in [0.15, 0.2) is 53.0 Å². The number of para-hydroxylation sites is 1. The number of hydrogen-bond donors (Lipinski definition) is 1. The Morgan fingerprint density at radius 3 is 2.67 bits per heavy atom. The van der Waals surface area contributed by atoms with Gasteiger partial charge in [-0.3, -0.25) is 9.59 Å². The molecule has 1 aliphatic heterocycles. The number of nitrogens with one attached hydrogen (secondary N) is 1. The first-order chi connectivity index (χ1) is 11.5. The molecule has 24 heavy (non-hydrogen) atoms. The van der Waals surface area contributed by atoms with Crippen molar-refractivity contribution in [3.8, 4) is 0 Å². The highest BCUT2D eigenvalue weighted by atomic mass is 79.9. The van der Waals surface area contributed by atoms with Crippen LogP contribution in [0.4, 0.5) is 10.1 Å². The van der Waals surface area contributed by atoms with Crippen molar-refractivity contribution in [2.75, 3.05) is 11.9 Å². The van der Waals surface area contributed by atoms with E-state index in [2.05, 4.69) is 21.2 Å². The summed E-state index contributed by atoms with van der Waals surface area (Å²) in [5, 5.41) is 2.83. The third-order valence-electron chi connectivity index (χ3n) is 4.04. The van der Waals surface area contributed by atoms with Gasteiger partial charge in [0.25, 0.3) is 0 Å². The molecular weight excluding hydrogens is 375 g/mol. The van der Waals surface area contributed by atoms with Gasteiger partial charge in [-0.05, 0) is 34.1 Å². The highest BCUT2D eigenvalue weighted by molar-refractivity contribution is 9.10. The minimum Gasteiger partial charge on any atom is -0.337 e. The van der Waals surface area contributed by atoms with Crippen LogP contribution in [0.5, 0.6) is 0 Å². The number of rotatable bonds is 4. The monoisotopic (exact) mass is 390 g/mol. The van der Waals surface area contributed by atoms with Gasteiger partial charge in [0.2, 0.25) is 11.8 Å². The average molecular weight is 391 g/mol. The molecule has 0 spiro atoms. The number of carbonyl (C=O) groups excluding carboxylic acids is 2. The third-order valence-corrected chi connectivity index (χ3v) is 4.73. The van der Waals surface area contributed by atoms with E-state index in [0.29, 0.717) is 17.8 Å². The number of benzene rings is 2. The van der Waals surface area contributed by atoms with Gasteiger partial charge in [0.05, 0.1) is 11.6 Å². The zero-order valence-corrected chi connectivity index (χ0v) is 14.4. The molecule has 0 aromatic heterocycles. The standard InChI is InChI=1S/C18H16BrFN2O2/c19-14-6-2-4-8-16(14)21-18(24)13-9-17(23)22(11-13)10-12-5-1-3-7-15(12)20/h1-8,13H,9-11H2,(H,21,24). The summed E-state index contributed by atoms with van der Waals surface area (Å²) in [6, 6.07) is 13.7. The summed E-state index contributed by atoms with van der Waals surface area (Å²) in [6.45, 7) is 0.480. The van der Waals surface area contributed by atoms with Crippen LogP contribution in [0.3, 0.4) is 0 Å². The average Bonchev–Trinajstić information content (AvgIpc) is 2.93. The Balaban J connectivity index is 1.65. The normalized spacial score (nSPS) is 17.2. The number of likely N-dealkylation sites (tertiary alicyclic amines) is 1. The maximum atomic E-state index is 13.7. The van der Waals surface area contributed by atoms with Crippen LogP contribution >= 0.6 is 15.9 Å². The molecule has 0 bridgehead atoms. The van der Waals surface area contributed by atoms with Gasteiger partial charge in [-0.1, -0.05) is 30.3 Å². The van der Waals surface area contributed by atoms with Crippen molar-refractivity contribution in [3.05, 3.63) is 64.4 Å². The van der Waals surface area contributed by atoms with Crippen molar-refractivity contribution in [2.45, 2.75) is 13.0 Å². The van der Waals surface area contributed by atoms with E-state index in [-0.39, 0.29) is 30.6 Å². The summed E-state index contributed by atoms with van der Waals surface area (Å²) in [5.41, 5.74) is 1.13. The lowest BCUT2D eigenvalue weighted by molar-refractivity contribution is -0.128. The largest absolute Gasteiger partial charge is 0.337 e. The lowest BCUT2D eigenvalue weighted by atomic mass is 10.1. The van der Waals surface area contributed by atoms with Crippen LogP contribution < -0.4 is 5.32 Å². The topological polar surface area (TPSA) is 49.4 Å². The Morgan fingerprint density at radius 1 is 1.21 bits per heavy atom. The molecule has 4 nitrogen and oxygen atoms in total. The van der Waals surface area contributed by atoms with Gasteiger partial charge >= 0.3 is 0 Å². The zero-order valence-electron chi connectivity index (χ0n) is 12.8. The van der Waals surface area contributed by atoms with Gasteiger partial charge < -0.3 is 10.2 Å². The highest BCUT2D eigenvalue weighted by Crippen LogP contribution is 2.25. The molecular formula is C18H16BrFN2O2. The molecule has 1 fully saturated rings. The number of carbonyl (C=O) groups is 2. The van der Waals surface area contributed by atoms with E-state index in [1.54, 1.807) is 24.3 Å². The number of anilines is 1. The fourth-order valence-corrected chi connectivity index (χ4v) is 3.11. The van der Waals surface area contributed by atoms with Crippen molar-refractivity contribution in [2.24, 2.45) is 5.92 Å². The lowest BCUT2D eigenvalue weighted by Gasteiger charge is -2.17. The van der Waals surface area contributed by atoms with E-state index >= 15 is 0 Å². The zero-order chi connectivity index (χ0) is 17.1. The second kappa shape index (κ2) is 7.13. The van der Waals surface area contributed by atoms with Crippen molar-refractivity contribution < 1.29 is 14.0 Å². The number of amides is 2. The second-order valence-electron chi connectivity index (χ2n) is 5.74. The summed E-state index contributed by atoms with van der Waals surface area (Å²) >= 11 is 3.38. The number of hydrogen-bond acceptors (Lipinski definition) is 2. The molecule has 0 aliphatic carbocycles. The van der Waals surface area contributed by atoms with Crippen molar-refractivity contribution in [1.82, 2.24) is 4.90 Å². The van der Waals surface area contributed by atoms with Crippen LogP contribution in [0, 0.1) is 11.7 Å². The summed E-state index contributed by atoms with van der Waals surface area (Å²) in [7, 11) is 0. The molecule has 1 aliphatic rings. The number of halogens is 2. The molecule has 0 radical (unpaired) electrons. The van der Waals surface area contributed by atoms with E-state index < -0.39 is 5.92 Å². The molecule has 2 amide bonds. The highest BCUT2D eigenvalue weighted by Gasteiger charge is 2.34. The molecule has 6 heteroatoms. The molecule has 0 saturated carbocycles. The van der Waals surface area contributed by atoms with E-state index in [1.807, 2.05) is 18.2 Å². The Labute approximate surface area is 147 Å². The predicted octanol–water partition coefficient (Wildman–Crippen LogP) is 3.58. The van der Waals surface area contributed by atoms with E-state index in [4.69, 9.17) is 0 Å². The van der Waals surface area contributed by atoms with E-state index in [1.165, 1.54) is 11.0 Å². The lowest BCUT2D eigenvalue weighted by Crippen LogP contribution is -2.28. The summed E-state index contributed by atoms with van der Waals surface area (Å²) in [4.78, 5) is 26.1. The third kappa shape index (κ3) is 3.64. The molecule has 1 heterocycles. The first kappa shape index (κ1) is 16.6. The van der Waals surface area contributed by atoms with Gasteiger partial charge in [0.1, 0.15) is 5.82 Å². The van der Waals surface area contributed by atoms with Crippen LogP contribution in [0.1, 0.15) is 12.0 Å². The van der Waals surface area contributed by atoms with Gasteiger partial charge in [0, 0.05) is 29.5 Å². The molecule has 3 rings (SSSR count). The van der Waals surface area contributed by atoms with Crippen LogP contribution in [-0.4, -0.2) is 23.3 Å². The molecule has 124 valence electrons. The molecule has 2 aromatic carbocycles. The molecule has 1 saturated heterocycles. The van der Waals surface area contributed by atoms with Crippen molar-refractivity contribution in [1.29, 1.82) is 0 Å². The summed E-state index contributed by atoms with van der Waals surface area (Å²) < 4.78 is 14.5. The first-order valence-electron chi connectivity index (χ1n) is 7.61. The van der Waals surface area contributed by atoms with Gasteiger partial charge in [0.15, 0.2) is 0 Å². The van der Waals surface area contributed by atoms with Gasteiger partial charge in [-0.25, -0.2) is 4.39 Å². The van der Waals surface area contributed by atoms with Crippen LogP contribution in [0.25, 0.3) is 0 Å². The van der Waals surface area contributed by atoms with Gasteiger partial charge in [-0.15, -0.1) is 0 Å². The van der Waals surface area contributed by atoms with Crippen molar-refractivity contribution >= 4 is 33.4 Å². The molecule has 1 atom stereocenters. The SMILES string of the molecule is O=C(Nc1ccccc1Br)C1CC(=O)N(Cc2ccccc2F)C1. The maximum Gasteiger partial charge on any atom is 0.229 e. The summed E-state index contributed by atoms with van der Waals surface area (Å²) in [5.74, 6) is -1.11. The first-order valence-corrected chi connectivity index (χ1v) is 8.40. The summed E-state index contributed by atoms with van der Waals surface area (Å²) in [6.07, 6.45) is 0.144. The van der Waals surface area contributed by atoms with E-state index in [0.717, 1.165) is 4.47 Å². The number of nitrogens with zero attached hydrogens (tertiary/aromatic N) is 1. The van der Waals surface area contributed by atoms with Crippen molar-refractivity contribution in [3.63, 3.8) is 0 Å². The van der Waals surface area contributed by atoms with E-state index in [9.17, 15) is 14.0 Å². The fourth-order valence-electron chi connectivity index (χ4n) is 2.73.